The molecule has 0 fully saturated rings. The van der Waals surface area contributed by atoms with Crippen LogP contribution in [0.3, 0.4) is 0 Å². The Hall–Kier alpha value is -1.35. The minimum absolute atomic E-state index is 0.300. The third kappa shape index (κ3) is 4.88. The van der Waals surface area contributed by atoms with E-state index in [1.54, 1.807) is 0 Å². The van der Waals surface area contributed by atoms with Gasteiger partial charge in [-0.3, -0.25) is 4.79 Å². The molecule has 0 heterocycles. The fourth-order valence-electron chi connectivity index (χ4n) is 1.78. The average Bonchev–Trinajstić information content (AvgIpc) is 2.40. The fourth-order valence-corrected chi connectivity index (χ4v) is 1.78. The second kappa shape index (κ2) is 7.88. The molecule has 0 spiro atoms. The molecule has 0 aliphatic heterocycles. The highest BCUT2D eigenvalue weighted by atomic mass is 16.5. The molecule has 1 aromatic carbocycles. The van der Waals surface area contributed by atoms with Gasteiger partial charge in [-0.2, -0.15) is 0 Å². The number of esters is 1. The van der Waals surface area contributed by atoms with Crippen LogP contribution in [0.2, 0.25) is 0 Å². The quantitative estimate of drug-likeness (QED) is 0.755. The molecule has 2 N–H and O–H groups in total. The van der Waals surface area contributed by atoms with Crippen LogP contribution >= 0.6 is 0 Å². The summed E-state index contributed by atoms with van der Waals surface area (Å²) in [5.41, 5.74) is 6.90. The number of hydrogen-bond donors (Lipinski definition) is 1. The first-order chi connectivity index (χ1) is 8.67. The van der Waals surface area contributed by atoms with Gasteiger partial charge >= 0.3 is 5.97 Å². The number of ether oxygens (including phenoxy) is 1. The number of carbonyl (C=O) groups excluding carboxylic acids is 1. The maximum absolute atomic E-state index is 11.7. The van der Waals surface area contributed by atoms with Gasteiger partial charge in [0.25, 0.3) is 0 Å². The van der Waals surface area contributed by atoms with Gasteiger partial charge in [-0.05, 0) is 17.9 Å². The first-order valence-corrected chi connectivity index (χ1v) is 6.63. The normalized spacial score (nSPS) is 12.4. The highest BCUT2D eigenvalue weighted by Crippen LogP contribution is 2.09. The van der Waals surface area contributed by atoms with Crippen molar-refractivity contribution in [2.24, 2.45) is 11.7 Å². The monoisotopic (exact) mass is 249 g/mol. The zero-order chi connectivity index (χ0) is 13.4. The summed E-state index contributed by atoms with van der Waals surface area (Å²) in [6, 6.07) is 9.19. The van der Waals surface area contributed by atoms with E-state index in [-0.39, 0.29) is 5.97 Å². The van der Waals surface area contributed by atoms with Gasteiger partial charge in [-0.1, -0.05) is 57.0 Å². The van der Waals surface area contributed by atoms with Gasteiger partial charge in [0.1, 0.15) is 6.04 Å². The molecule has 0 saturated heterocycles. The van der Waals surface area contributed by atoms with Crippen molar-refractivity contribution >= 4 is 5.97 Å². The van der Waals surface area contributed by atoms with E-state index in [9.17, 15) is 4.79 Å². The molecular weight excluding hydrogens is 226 g/mol. The van der Waals surface area contributed by atoms with Gasteiger partial charge < -0.3 is 10.5 Å². The van der Waals surface area contributed by atoms with Crippen molar-refractivity contribution in [3.8, 4) is 0 Å². The first kappa shape index (κ1) is 14.7. The van der Waals surface area contributed by atoms with E-state index in [0.29, 0.717) is 18.9 Å². The number of hydrogen-bond acceptors (Lipinski definition) is 3. The second-order valence-corrected chi connectivity index (χ2v) is 4.61. The summed E-state index contributed by atoms with van der Waals surface area (Å²) in [5.74, 6) is 0.142. The molecule has 0 saturated carbocycles. The van der Waals surface area contributed by atoms with Crippen LogP contribution in [-0.4, -0.2) is 18.6 Å². The molecule has 3 heteroatoms. The fraction of sp³-hybridized carbons (Fsp3) is 0.533. The van der Waals surface area contributed by atoms with Crippen LogP contribution in [0.1, 0.15) is 32.3 Å². The van der Waals surface area contributed by atoms with Crippen LogP contribution in [0.15, 0.2) is 30.3 Å². The zero-order valence-electron chi connectivity index (χ0n) is 11.3. The number of benzene rings is 1. The predicted octanol–water partition coefficient (Wildman–Crippen LogP) is 2.54. The van der Waals surface area contributed by atoms with Crippen molar-refractivity contribution in [2.75, 3.05) is 6.61 Å². The van der Waals surface area contributed by atoms with Crippen LogP contribution in [-0.2, 0) is 16.0 Å². The smallest absolute Gasteiger partial charge is 0.323 e. The van der Waals surface area contributed by atoms with Crippen molar-refractivity contribution in [2.45, 2.75) is 39.2 Å². The molecule has 0 radical (unpaired) electrons. The van der Waals surface area contributed by atoms with Gasteiger partial charge in [0.15, 0.2) is 0 Å². The molecule has 0 aliphatic carbocycles. The third-order valence-corrected chi connectivity index (χ3v) is 3.22. The minimum Gasteiger partial charge on any atom is -0.464 e. The SMILES string of the molecule is CCC(CC)COC(=O)C(N)Cc1ccccc1. The van der Waals surface area contributed by atoms with Crippen LogP contribution in [0.4, 0.5) is 0 Å². The van der Waals surface area contributed by atoms with Crippen LogP contribution in [0, 0.1) is 5.92 Å². The Labute approximate surface area is 109 Å². The minimum atomic E-state index is -0.568. The van der Waals surface area contributed by atoms with E-state index in [2.05, 4.69) is 13.8 Å². The topological polar surface area (TPSA) is 52.3 Å². The van der Waals surface area contributed by atoms with E-state index in [4.69, 9.17) is 10.5 Å². The summed E-state index contributed by atoms with van der Waals surface area (Å²) < 4.78 is 5.26. The van der Waals surface area contributed by atoms with Crippen molar-refractivity contribution < 1.29 is 9.53 Å². The molecule has 3 nitrogen and oxygen atoms in total. The Morgan fingerprint density at radius 2 is 1.83 bits per heavy atom. The summed E-state index contributed by atoms with van der Waals surface area (Å²) in [4.78, 5) is 11.7. The molecule has 1 unspecified atom stereocenters. The number of nitrogens with two attached hydrogens (primary N) is 1. The molecule has 1 rings (SSSR count). The van der Waals surface area contributed by atoms with E-state index in [0.717, 1.165) is 18.4 Å². The summed E-state index contributed by atoms with van der Waals surface area (Å²) in [6.07, 6.45) is 2.58. The molecule has 100 valence electrons. The summed E-state index contributed by atoms with van der Waals surface area (Å²) in [5, 5.41) is 0. The molecule has 18 heavy (non-hydrogen) atoms. The Morgan fingerprint density at radius 1 is 1.22 bits per heavy atom. The van der Waals surface area contributed by atoms with E-state index < -0.39 is 6.04 Å². The average molecular weight is 249 g/mol. The summed E-state index contributed by atoms with van der Waals surface area (Å²) in [7, 11) is 0. The van der Waals surface area contributed by atoms with Gasteiger partial charge in [0.05, 0.1) is 6.61 Å². The molecule has 1 aromatic rings. The Bertz CT molecular complexity index is 347. The summed E-state index contributed by atoms with van der Waals surface area (Å²) in [6.45, 7) is 4.69. The third-order valence-electron chi connectivity index (χ3n) is 3.22. The Morgan fingerprint density at radius 3 is 2.39 bits per heavy atom. The van der Waals surface area contributed by atoms with Crippen LogP contribution in [0.5, 0.6) is 0 Å². The number of carbonyl (C=O) groups is 1. The maximum atomic E-state index is 11.7. The predicted molar refractivity (Wildman–Crippen MR) is 73.2 cm³/mol. The van der Waals surface area contributed by atoms with Gasteiger partial charge in [-0.25, -0.2) is 0 Å². The standard InChI is InChI=1S/C15H23NO2/c1-3-12(4-2)11-18-15(17)14(16)10-13-8-6-5-7-9-13/h5-9,12,14H,3-4,10-11,16H2,1-2H3. The highest BCUT2D eigenvalue weighted by Gasteiger charge is 2.16. The largest absolute Gasteiger partial charge is 0.464 e. The lowest BCUT2D eigenvalue weighted by Gasteiger charge is -2.15. The van der Waals surface area contributed by atoms with Crippen LogP contribution in [0.25, 0.3) is 0 Å². The Balaban J connectivity index is 2.37. The van der Waals surface area contributed by atoms with Gasteiger partial charge in [0, 0.05) is 0 Å². The van der Waals surface area contributed by atoms with E-state index in [1.807, 2.05) is 30.3 Å². The van der Waals surface area contributed by atoms with Crippen LogP contribution < -0.4 is 5.73 Å². The van der Waals surface area contributed by atoms with Gasteiger partial charge in [0.2, 0.25) is 0 Å². The number of rotatable bonds is 7. The molecule has 0 aromatic heterocycles. The Kier molecular flexibility index (Phi) is 6.44. The molecule has 1 atom stereocenters. The van der Waals surface area contributed by atoms with Crippen molar-refractivity contribution in [3.05, 3.63) is 35.9 Å². The lowest BCUT2D eigenvalue weighted by atomic mass is 10.0. The van der Waals surface area contributed by atoms with Gasteiger partial charge in [-0.15, -0.1) is 0 Å². The lowest BCUT2D eigenvalue weighted by molar-refractivity contribution is -0.146. The lowest BCUT2D eigenvalue weighted by Crippen LogP contribution is -2.35. The van der Waals surface area contributed by atoms with Crippen molar-refractivity contribution in [3.63, 3.8) is 0 Å². The highest BCUT2D eigenvalue weighted by molar-refractivity contribution is 5.75. The molecular formula is C15H23NO2. The van der Waals surface area contributed by atoms with E-state index >= 15 is 0 Å². The molecule has 0 bridgehead atoms. The molecule has 0 aliphatic rings. The van der Waals surface area contributed by atoms with Crippen molar-refractivity contribution in [1.82, 2.24) is 0 Å². The van der Waals surface area contributed by atoms with Crippen molar-refractivity contribution in [1.29, 1.82) is 0 Å². The first-order valence-electron chi connectivity index (χ1n) is 6.63. The zero-order valence-corrected chi connectivity index (χ0v) is 11.3. The summed E-state index contributed by atoms with van der Waals surface area (Å²) >= 11 is 0. The maximum Gasteiger partial charge on any atom is 0.323 e. The second-order valence-electron chi connectivity index (χ2n) is 4.61. The van der Waals surface area contributed by atoms with E-state index in [1.165, 1.54) is 0 Å². The molecule has 0 amide bonds.